The average Bonchev–Trinajstić information content (AvgIpc) is 2.40. The van der Waals surface area contributed by atoms with Crippen LogP contribution in [0.3, 0.4) is 0 Å². The van der Waals surface area contributed by atoms with Gasteiger partial charge in [-0.2, -0.15) is 0 Å². The first kappa shape index (κ1) is 13.8. The summed E-state index contributed by atoms with van der Waals surface area (Å²) in [6.45, 7) is 4.73. The molecule has 2 rings (SSSR count). The monoisotopic (exact) mass is 268 g/mol. The minimum Gasteiger partial charge on any atom is -0.367 e. The van der Waals surface area contributed by atoms with Crippen LogP contribution in [0.2, 0.25) is 0 Å². The third-order valence-electron chi connectivity index (χ3n) is 3.69. The maximum absolute atomic E-state index is 6.03. The first-order valence-electron chi connectivity index (χ1n) is 6.75. The summed E-state index contributed by atoms with van der Waals surface area (Å²) in [4.78, 5) is 9.14. The minimum atomic E-state index is -0.276. The molecule has 0 aliphatic heterocycles. The van der Waals surface area contributed by atoms with Crippen LogP contribution in [-0.4, -0.2) is 16.6 Å². The molecule has 0 saturated heterocycles. The quantitative estimate of drug-likeness (QED) is 0.781. The second-order valence-corrected chi connectivity index (χ2v) is 5.21. The Morgan fingerprint density at radius 2 is 2.06 bits per heavy atom. The number of ether oxygens (including phenoxy) is 1. The van der Waals surface area contributed by atoms with Crippen LogP contribution in [-0.2, 0) is 16.2 Å². The van der Waals surface area contributed by atoms with Crippen molar-refractivity contribution in [1.82, 2.24) is 9.97 Å². The van der Waals surface area contributed by atoms with Crippen molar-refractivity contribution >= 4 is 11.6 Å². The Balaban J connectivity index is 2.35. The molecule has 0 radical (unpaired) electrons. The van der Waals surface area contributed by atoms with Crippen LogP contribution in [0.1, 0.15) is 56.1 Å². The number of alkyl halides is 1. The molecule has 0 N–H and O–H groups in total. The van der Waals surface area contributed by atoms with Gasteiger partial charge in [0.2, 0.25) is 0 Å². The van der Waals surface area contributed by atoms with Gasteiger partial charge in [0.25, 0.3) is 0 Å². The summed E-state index contributed by atoms with van der Waals surface area (Å²) >= 11 is 5.93. The van der Waals surface area contributed by atoms with E-state index in [1.165, 1.54) is 19.3 Å². The largest absolute Gasteiger partial charge is 0.367 e. The van der Waals surface area contributed by atoms with Gasteiger partial charge in [-0.25, -0.2) is 9.97 Å². The van der Waals surface area contributed by atoms with E-state index < -0.39 is 0 Å². The molecule has 1 aromatic heterocycles. The highest BCUT2D eigenvalue weighted by Gasteiger charge is 2.37. The maximum Gasteiger partial charge on any atom is 0.160 e. The predicted molar refractivity (Wildman–Crippen MR) is 72.7 cm³/mol. The molecule has 1 fully saturated rings. The lowest BCUT2D eigenvalue weighted by Gasteiger charge is -2.35. The first-order valence-corrected chi connectivity index (χ1v) is 7.28. The summed E-state index contributed by atoms with van der Waals surface area (Å²) < 4.78 is 6.03. The van der Waals surface area contributed by atoms with Crippen molar-refractivity contribution in [3.63, 3.8) is 0 Å². The lowest BCUT2D eigenvalue weighted by molar-refractivity contribution is -0.0768. The van der Waals surface area contributed by atoms with E-state index in [9.17, 15) is 0 Å². The molecule has 1 aromatic rings. The maximum atomic E-state index is 6.03. The zero-order valence-electron chi connectivity index (χ0n) is 11.2. The molecule has 1 aliphatic carbocycles. The number of hydrogen-bond acceptors (Lipinski definition) is 3. The van der Waals surface area contributed by atoms with Crippen LogP contribution in [0, 0.1) is 6.92 Å². The highest BCUT2D eigenvalue weighted by Crippen LogP contribution is 2.38. The molecule has 3 nitrogen and oxygen atoms in total. The van der Waals surface area contributed by atoms with E-state index in [1.807, 2.05) is 20.0 Å². The number of nitrogens with zero attached hydrogens (tertiary/aromatic N) is 2. The Morgan fingerprint density at radius 1 is 1.33 bits per heavy atom. The molecule has 0 unspecified atom stereocenters. The smallest absolute Gasteiger partial charge is 0.160 e. The fourth-order valence-electron chi connectivity index (χ4n) is 2.66. The Morgan fingerprint density at radius 3 is 2.67 bits per heavy atom. The molecule has 0 spiro atoms. The lowest BCUT2D eigenvalue weighted by atomic mass is 9.83. The van der Waals surface area contributed by atoms with Crippen molar-refractivity contribution in [2.24, 2.45) is 0 Å². The van der Waals surface area contributed by atoms with Crippen LogP contribution in [0.15, 0.2) is 6.20 Å². The van der Waals surface area contributed by atoms with Crippen molar-refractivity contribution in [2.45, 2.75) is 57.4 Å². The number of hydrogen-bond donors (Lipinski definition) is 0. The summed E-state index contributed by atoms with van der Waals surface area (Å²) in [5.41, 5.74) is 1.70. The second kappa shape index (κ2) is 5.98. The fraction of sp³-hybridized carbons (Fsp3) is 0.714. The topological polar surface area (TPSA) is 35.0 Å². The molecule has 1 saturated carbocycles. The van der Waals surface area contributed by atoms with Crippen LogP contribution in [0.5, 0.6) is 0 Å². The number of aromatic nitrogens is 2. The Labute approximate surface area is 114 Å². The molecule has 18 heavy (non-hydrogen) atoms. The standard InChI is InChI=1S/C14H21ClN2O/c1-3-18-14(7-5-4-6-8-14)13-16-10-11(2)12(9-15)17-13/h10H,3-9H2,1-2H3. The molecule has 0 atom stereocenters. The molecule has 4 heteroatoms. The van der Waals surface area contributed by atoms with Crippen molar-refractivity contribution < 1.29 is 4.74 Å². The van der Waals surface area contributed by atoms with Crippen molar-refractivity contribution in [1.29, 1.82) is 0 Å². The van der Waals surface area contributed by atoms with Crippen LogP contribution < -0.4 is 0 Å². The zero-order chi connectivity index (χ0) is 13.0. The number of halogens is 1. The van der Waals surface area contributed by atoms with Crippen molar-refractivity contribution in [2.75, 3.05) is 6.61 Å². The van der Waals surface area contributed by atoms with Crippen LogP contribution >= 0.6 is 11.6 Å². The molecule has 1 aliphatic rings. The average molecular weight is 269 g/mol. The Hall–Kier alpha value is -0.670. The third-order valence-corrected chi connectivity index (χ3v) is 3.95. The van der Waals surface area contributed by atoms with Crippen LogP contribution in [0.25, 0.3) is 0 Å². The summed E-state index contributed by atoms with van der Waals surface area (Å²) in [6.07, 6.45) is 7.57. The Bertz CT molecular complexity index is 397. The van der Waals surface area contributed by atoms with E-state index in [-0.39, 0.29) is 5.60 Å². The number of rotatable bonds is 4. The molecule has 0 aromatic carbocycles. The summed E-state index contributed by atoms with van der Waals surface area (Å²) in [6, 6.07) is 0. The van der Waals surface area contributed by atoms with Crippen molar-refractivity contribution in [3.8, 4) is 0 Å². The summed E-state index contributed by atoms with van der Waals surface area (Å²) in [5.74, 6) is 1.26. The highest BCUT2D eigenvalue weighted by atomic mass is 35.5. The summed E-state index contributed by atoms with van der Waals surface area (Å²) in [5, 5.41) is 0. The van der Waals surface area contributed by atoms with Gasteiger partial charge in [0.1, 0.15) is 5.60 Å². The van der Waals surface area contributed by atoms with E-state index in [4.69, 9.17) is 16.3 Å². The van der Waals surface area contributed by atoms with E-state index in [1.54, 1.807) is 0 Å². The van der Waals surface area contributed by atoms with Gasteiger partial charge in [0.05, 0.1) is 11.6 Å². The van der Waals surface area contributed by atoms with E-state index in [0.717, 1.165) is 29.9 Å². The lowest BCUT2D eigenvalue weighted by Crippen LogP contribution is -2.34. The Kier molecular flexibility index (Phi) is 4.57. The predicted octanol–water partition coefficient (Wildman–Crippen LogP) is 3.72. The van der Waals surface area contributed by atoms with Gasteiger partial charge < -0.3 is 4.74 Å². The van der Waals surface area contributed by atoms with E-state index in [0.29, 0.717) is 12.5 Å². The normalized spacial score (nSPS) is 18.8. The molecular weight excluding hydrogens is 248 g/mol. The second-order valence-electron chi connectivity index (χ2n) is 4.94. The van der Waals surface area contributed by atoms with Gasteiger partial charge in [-0.3, -0.25) is 0 Å². The molecule has 0 bridgehead atoms. The highest BCUT2D eigenvalue weighted by molar-refractivity contribution is 6.16. The molecule has 100 valence electrons. The molecule has 0 amide bonds. The van der Waals surface area contributed by atoms with E-state index >= 15 is 0 Å². The molecule has 1 heterocycles. The number of aryl methyl sites for hydroxylation is 1. The minimum absolute atomic E-state index is 0.276. The summed E-state index contributed by atoms with van der Waals surface area (Å²) in [7, 11) is 0. The van der Waals surface area contributed by atoms with Gasteiger partial charge in [-0.05, 0) is 32.3 Å². The van der Waals surface area contributed by atoms with Gasteiger partial charge in [0.15, 0.2) is 5.82 Å². The van der Waals surface area contributed by atoms with E-state index in [2.05, 4.69) is 9.97 Å². The molecular formula is C14H21ClN2O. The van der Waals surface area contributed by atoms with Crippen LogP contribution in [0.4, 0.5) is 0 Å². The SMILES string of the molecule is CCOC1(c2ncc(C)c(CCl)n2)CCCCC1. The van der Waals surface area contributed by atoms with Crippen molar-refractivity contribution in [3.05, 3.63) is 23.3 Å². The fourth-order valence-corrected chi connectivity index (χ4v) is 2.93. The van der Waals surface area contributed by atoms with Gasteiger partial charge >= 0.3 is 0 Å². The third kappa shape index (κ3) is 2.67. The van der Waals surface area contributed by atoms with Gasteiger partial charge in [-0.1, -0.05) is 19.3 Å². The first-order chi connectivity index (χ1) is 8.72. The zero-order valence-corrected chi connectivity index (χ0v) is 12.0. The van der Waals surface area contributed by atoms with Gasteiger partial charge in [0, 0.05) is 12.8 Å². The van der Waals surface area contributed by atoms with Gasteiger partial charge in [-0.15, -0.1) is 11.6 Å².